The number of rotatable bonds is 8. The standard InChI is InChI=1S/C33H33F3N6O2S/c1-6-24(17-37-31(43)39-32-42(23(5)18-45-32)29-21(3)15-20(2)16-22(29)4)25-7-9-26(10-8-25)30-38-19-41(40-30)27-11-13-28(14-12-27)44-33(34,35)36/h7-16,18-19,24H,6,17H2,1-5H3,(H,37,43)/b39-32-. The lowest BCUT2D eigenvalue weighted by atomic mass is 9.95. The molecule has 0 radical (unpaired) electrons. The van der Waals surface area contributed by atoms with Crippen molar-refractivity contribution in [3.05, 3.63) is 105 Å². The molecule has 1 unspecified atom stereocenters. The third-order valence-corrected chi connectivity index (χ3v) is 8.34. The lowest BCUT2D eigenvalue weighted by molar-refractivity contribution is -0.274. The molecule has 8 nitrogen and oxygen atoms in total. The van der Waals surface area contributed by atoms with Crippen LogP contribution in [0.15, 0.2) is 77.4 Å². The van der Waals surface area contributed by atoms with Crippen molar-refractivity contribution in [1.29, 1.82) is 0 Å². The van der Waals surface area contributed by atoms with Crippen LogP contribution >= 0.6 is 11.3 Å². The topological polar surface area (TPSA) is 86.3 Å². The molecule has 0 saturated heterocycles. The third-order valence-electron chi connectivity index (χ3n) is 7.39. The van der Waals surface area contributed by atoms with Gasteiger partial charge in [0.2, 0.25) is 0 Å². The Labute approximate surface area is 262 Å². The highest BCUT2D eigenvalue weighted by atomic mass is 32.1. The van der Waals surface area contributed by atoms with E-state index in [0.717, 1.165) is 40.1 Å². The van der Waals surface area contributed by atoms with Crippen LogP contribution in [0.3, 0.4) is 0 Å². The average molecular weight is 635 g/mol. The predicted octanol–water partition coefficient (Wildman–Crippen LogP) is 7.72. The lowest BCUT2D eigenvalue weighted by Gasteiger charge is -2.16. The van der Waals surface area contributed by atoms with Crippen molar-refractivity contribution in [2.24, 2.45) is 4.99 Å². The minimum atomic E-state index is -4.75. The molecule has 1 atom stereocenters. The molecule has 2 heterocycles. The van der Waals surface area contributed by atoms with E-state index in [2.05, 4.69) is 65.0 Å². The molecule has 0 saturated carbocycles. The minimum absolute atomic E-state index is 0.0694. The van der Waals surface area contributed by atoms with E-state index < -0.39 is 12.4 Å². The van der Waals surface area contributed by atoms with Gasteiger partial charge in [-0.2, -0.15) is 4.99 Å². The summed E-state index contributed by atoms with van der Waals surface area (Å²) in [6.07, 6.45) is -2.45. The number of aromatic nitrogens is 4. The summed E-state index contributed by atoms with van der Waals surface area (Å²) < 4.78 is 44.8. The van der Waals surface area contributed by atoms with Crippen LogP contribution in [0, 0.1) is 27.7 Å². The first-order chi connectivity index (χ1) is 21.4. The number of halogens is 3. The molecular weight excluding hydrogens is 601 g/mol. The Bertz CT molecular complexity index is 1850. The Hall–Kier alpha value is -4.71. The van der Waals surface area contributed by atoms with Gasteiger partial charge in [0.15, 0.2) is 10.6 Å². The number of ether oxygens (including phenoxy) is 1. The highest BCUT2D eigenvalue weighted by molar-refractivity contribution is 7.07. The zero-order valence-electron chi connectivity index (χ0n) is 25.5. The summed E-state index contributed by atoms with van der Waals surface area (Å²) >= 11 is 1.43. The van der Waals surface area contributed by atoms with Crippen LogP contribution in [0.1, 0.15) is 47.2 Å². The molecule has 5 aromatic rings. The fraction of sp³-hybridized carbons (Fsp3) is 0.273. The number of urea groups is 1. The average Bonchev–Trinajstić information content (AvgIpc) is 3.61. The summed E-state index contributed by atoms with van der Waals surface area (Å²) in [6.45, 7) is 10.7. The molecule has 3 aromatic carbocycles. The number of benzene rings is 3. The fourth-order valence-electron chi connectivity index (χ4n) is 5.33. The zero-order chi connectivity index (χ0) is 32.3. The van der Waals surface area contributed by atoms with Crippen LogP contribution in [0.2, 0.25) is 0 Å². The van der Waals surface area contributed by atoms with E-state index >= 15 is 0 Å². The van der Waals surface area contributed by atoms with Crippen LogP contribution in [0.5, 0.6) is 5.75 Å². The van der Waals surface area contributed by atoms with E-state index in [1.54, 1.807) is 0 Å². The van der Waals surface area contributed by atoms with Gasteiger partial charge in [-0.1, -0.05) is 48.9 Å². The molecule has 5 rings (SSSR count). The van der Waals surface area contributed by atoms with Crippen molar-refractivity contribution in [1.82, 2.24) is 24.6 Å². The largest absolute Gasteiger partial charge is 0.573 e. The van der Waals surface area contributed by atoms with Gasteiger partial charge in [-0.05, 0) is 75.1 Å². The second-order valence-electron chi connectivity index (χ2n) is 10.8. The molecular formula is C33H33F3N6O2S. The number of hydrogen-bond donors (Lipinski definition) is 1. The summed E-state index contributed by atoms with van der Waals surface area (Å²) in [7, 11) is 0. The van der Waals surface area contributed by atoms with Crippen LogP contribution in [-0.2, 0) is 0 Å². The first-order valence-corrected chi connectivity index (χ1v) is 15.3. The first-order valence-electron chi connectivity index (χ1n) is 14.4. The SMILES string of the molecule is CCC(CNC(=O)/N=c1\scc(C)n1-c1c(C)cc(C)cc1C)c1ccc(-c2ncn(-c3ccc(OC(F)(F)F)cc3)n2)cc1. The third kappa shape index (κ3) is 7.51. The van der Waals surface area contributed by atoms with Crippen molar-refractivity contribution < 1.29 is 22.7 Å². The van der Waals surface area contributed by atoms with Crippen LogP contribution in [-0.4, -0.2) is 38.3 Å². The molecule has 12 heteroatoms. The van der Waals surface area contributed by atoms with E-state index in [1.165, 1.54) is 52.2 Å². The zero-order valence-corrected chi connectivity index (χ0v) is 26.3. The second-order valence-corrected chi connectivity index (χ2v) is 11.7. The predicted molar refractivity (Wildman–Crippen MR) is 168 cm³/mol. The molecule has 0 fully saturated rings. The van der Waals surface area contributed by atoms with Gasteiger partial charge in [0.25, 0.3) is 0 Å². The molecule has 0 spiro atoms. The highest BCUT2D eigenvalue weighted by Crippen LogP contribution is 2.26. The monoisotopic (exact) mass is 634 g/mol. The molecule has 0 aliphatic heterocycles. The van der Waals surface area contributed by atoms with E-state index in [1.807, 2.05) is 41.1 Å². The minimum Gasteiger partial charge on any atom is -0.406 e. The van der Waals surface area contributed by atoms with Crippen molar-refractivity contribution in [2.75, 3.05) is 6.54 Å². The summed E-state index contributed by atoms with van der Waals surface area (Å²) in [5.74, 6) is 0.228. The van der Waals surface area contributed by atoms with Gasteiger partial charge in [-0.3, -0.25) is 4.57 Å². The molecule has 2 amide bonds. The fourth-order valence-corrected chi connectivity index (χ4v) is 6.18. The van der Waals surface area contributed by atoms with E-state index in [4.69, 9.17) is 0 Å². The van der Waals surface area contributed by atoms with Gasteiger partial charge in [0, 0.05) is 29.1 Å². The van der Waals surface area contributed by atoms with Gasteiger partial charge in [-0.15, -0.1) is 29.6 Å². The van der Waals surface area contributed by atoms with Crippen LogP contribution in [0.4, 0.5) is 18.0 Å². The summed E-state index contributed by atoms with van der Waals surface area (Å²) in [4.78, 5) is 22.4. The van der Waals surface area contributed by atoms with E-state index in [9.17, 15) is 18.0 Å². The first kappa shape index (κ1) is 31.7. The van der Waals surface area contributed by atoms with Crippen LogP contribution < -0.4 is 14.9 Å². The number of nitrogens with zero attached hydrogens (tertiary/aromatic N) is 5. The van der Waals surface area contributed by atoms with Crippen molar-refractivity contribution in [2.45, 2.75) is 53.3 Å². The van der Waals surface area contributed by atoms with Crippen molar-refractivity contribution >= 4 is 17.4 Å². The molecule has 0 aliphatic rings. The smallest absolute Gasteiger partial charge is 0.406 e. The molecule has 0 bridgehead atoms. The maximum atomic E-state index is 13.0. The van der Waals surface area contributed by atoms with Gasteiger partial charge in [0.05, 0.1) is 11.4 Å². The van der Waals surface area contributed by atoms with Crippen molar-refractivity contribution in [3.63, 3.8) is 0 Å². The number of nitrogens with one attached hydrogen (secondary N) is 1. The normalized spacial score (nSPS) is 12.8. The number of hydrogen-bond acceptors (Lipinski definition) is 5. The van der Waals surface area contributed by atoms with Gasteiger partial charge in [0.1, 0.15) is 12.1 Å². The van der Waals surface area contributed by atoms with Crippen LogP contribution in [0.25, 0.3) is 22.8 Å². The number of alkyl halides is 3. The Kier molecular flexibility index (Phi) is 9.24. The summed E-state index contributed by atoms with van der Waals surface area (Å²) in [5, 5.41) is 9.45. The molecule has 0 aliphatic carbocycles. The molecule has 234 valence electrons. The Morgan fingerprint density at radius 2 is 1.69 bits per heavy atom. The van der Waals surface area contributed by atoms with Gasteiger partial charge in [-0.25, -0.2) is 14.5 Å². The molecule has 45 heavy (non-hydrogen) atoms. The summed E-state index contributed by atoms with van der Waals surface area (Å²) in [6, 6.07) is 17.0. The Morgan fingerprint density at radius 3 is 2.31 bits per heavy atom. The Morgan fingerprint density at radius 1 is 1.02 bits per heavy atom. The molecule has 1 N–H and O–H groups in total. The number of carbonyl (C=O) groups is 1. The number of aryl methyl sites for hydroxylation is 4. The maximum Gasteiger partial charge on any atom is 0.573 e. The molecule has 2 aromatic heterocycles. The second kappa shape index (κ2) is 13.1. The number of thiazole rings is 1. The number of amides is 2. The maximum absolute atomic E-state index is 13.0. The Balaban J connectivity index is 1.25. The van der Waals surface area contributed by atoms with Gasteiger partial charge >= 0.3 is 12.4 Å². The van der Waals surface area contributed by atoms with E-state index in [-0.39, 0.29) is 11.7 Å². The quantitative estimate of drug-likeness (QED) is 0.189. The van der Waals surface area contributed by atoms with Gasteiger partial charge < -0.3 is 10.1 Å². The van der Waals surface area contributed by atoms with Crippen molar-refractivity contribution in [3.8, 4) is 28.5 Å². The van der Waals surface area contributed by atoms with E-state index in [0.29, 0.717) is 22.9 Å². The summed E-state index contributed by atoms with van der Waals surface area (Å²) in [5.41, 5.74) is 7.87. The lowest BCUT2D eigenvalue weighted by Crippen LogP contribution is -2.28. The number of carbonyl (C=O) groups excluding carboxylic acids is 1. The highest BCUT2D eigenvalue weighted by Gasteiger charge is 2.31.